The van der Waals surface area contributed by atoms with Crippen LogP contribution in [0.25, 0.3) is 0 Å². The van der Waals surface area contributed by atoms with Gasteiger partial charge in [0.1, 0.15) is 0 Å². The highest BCUT2D eigenvalue weighted by atomic mass is 16.5. The van der Waals surface area contributed by atoms with Gasteiger partial charge >= 0.3 is 0 Å². The van der Waals surface area contributed by atoms with Gasteiger partial charge in [0.25, 0.3) is 0 Å². The zero-order chi connectivity index (χ0) is 13.7. The van der Waals surface area contributed by atoms with E-state index in [1.807, 2.05) is 0 Å². The Morgan fingerprint density at radius 1 is 1.16 bits per heavy atom. The quantitative estimate of drug-likeness (QED) is 0.881. The summed E-state index contributed by atoms with van der Waals surface area (Å²) in [6, 6.07) is 7.20. The lowest BCUT2D eigenvalue weighted by atomic mass is 10.0. The van der Waals surface area contributed by atoms with Crippen LogP contribution in [-0.4, -0.2) is 44.3 Å². The predicted octanol–water partition coefficient (Wildman–Crippen LogP) is 2.29. The van der Waals surface area contributed by atoms with E-state index in [2.05, 4.69) is 49.2 Å². The minimum Gasteiger partial charge on any atom is -0.379 e. The van der Waals surface area contributed by atoms with Gasteiger partial charge < -0.3 is 10.1 Å². The maximum atomic E-state index is 5.36. The number of hydrogen-bond acceptors (Lipinski definition) is 3. The highest BCUT2D eigenvalue weighted by molar-refractivity contribution is 5.30. The monoisotopic (exact) mass is 262 g/mol. The van der Waals surface area contributed by atoms with Gasteiger partial charge in [-0.25, -0.2) is 0 Å². The van der Waals surface area contributed by atoms with Gasteiger partial charge in [0, 0.05) is 32.2 Å². The third kappa shape index (κ3) is 4.60. The van der Waals surface area contributed by atoms with Crippen LogP contribution in [0.2, 0.25) is 0 Å². The normalized spacial score (nSPS) is 18.5. The van der Waals surface area contributed by atoms with Crippen molar-refractivity contribution in [1.82, 2.24) is 10.2 Å². The number of nitrogens with zero attached hydrogens (tertiary/aromatic N) is 1. The molecule has 1 aromatic rings. The fourth-order valence-corrected chi connectivity index (χ4v) is 2.64. The van der Waals surface area contributed by atoms with Gasteiger partial charge in [-0.2, -0.15) is 0 Å². The van der Waals surface area contributed by atoms with E-state index in [1.54, 1.807) is 0 Å². The summed E-state index contributed by atoms with van der Waals surface area (Å²) in [5.41, 5.74) is 4.08. The Labute approximate surface area is 116 Å². The molecule has 0 spiro atoms. The van der Waals surface area contributed by atoms with Gasteiger partial charge in [-0.1, -0.05) is 29.3 Å². The first-order valence-electron chi connectivity index (χ1n) is 7.27. The molecule has 106 valence electrons. The van der Waals surface area contributed by atoms with E-state index in [0.717, 1.165) is 39.4 Å². The average molecular weight is 262 g/mol. The summed E-state index contributed by atoms with van der Waals surface area (Å²) in [5.74, 6) is 0. The van der Waals surface area contributed by atoms with Gasteiger partial charge in [0.15, 0.2) is 0 Å². The van der Waals surface area contributed by atoms with Crippen LogP contribution in [-0.2, 0) is 4.74 Å². The number of nitrogens with one attached hydrogen (secondary N) is 1. The molecule has 1 fully saturated rings. The Kier molecular flexibility index (Phi) is 5.37. The largest absolute Gasteiger partial charge is 0.379 e. The number of morpholine rings is 1. The van der Waals surface area contributed by atoms with Crippen LogP contribution < -0.4 is 5.32 Å². The second kappa shape index (κ2) is 7.04. The SMILES string of the molecule is Cc1cc(C)cc(C(C)NCCN2CCOCC2)c1. The molecule has 0 radical (unpaired) electrons. The lowest BCUT2D eigenvalue weighted by Gasteiger charge is -2.27. The second-order valence-corrected chi connectivity index (χ2v) is 5.55. The molecule has 1 N–H and O–H groups in total. The minimum atomic E-state index is 0.416. The van der Waals surface area contributed by atoms with Crippen LogP contribution in [0.1, 0.15) is 29.7 Å². The van der Waals surface area contributed by atoms with Crippen LogP contribution in [0.3, 0.4) is 0 Å². The van der Waals surface area contributed by atoms with E-state index in [0.29, 0.717) is 6.04 Å². The molecule has 0 saturated carbocycles. The van der Waals surface area contributed by atoms with Gasteiger partial charge in [0.05, 0.1) is 13.2 Å². The number of hydrogen-bond donors (Lipinski definition) is 1. The maximum Gasteiger partial charge on any atom is 0.0594 e. The van der Waals surface area contributed by atoms with Crippen LogP contribution in [0, 0.1) is 13.8 Å². The van der Waals surface area contributed by atoms with E-state index < -0.39 is 0 Å². The molecule has 1 heterocycles. The lowest BCUT2D eigenvalue weighted by molar-refractivity contribution is 0.0382. The van der Waals surface area contributed by atoms with Crippen molar-refractivity contribution < 1.29 is 4.74 Å². The van der Waals surface area contributed by atoms with Gasteiger partial charge in [0.2, 0.25) is 0 Å². The maximum absolute atomic E-state index is 5.36. The molecule has 1 aliphatic heterocycles. The van der Waals surface area contributed by atoms with Crippen LogP contribution >= 0.6 is 0 Å². The first-order chi connectivity index (χ1) is 9.15. The molecule has 3 nitrogen and oxygen atoms in total. The molecular weight excluding hydrogens is 236 g/mol. The zero-order valence-corrected chi connectivity index (χ0v) is 12.4. The Bertz CT molecular complexity index is 379. The molecule has 1 aliphatic rings. The summed E-state index contributed by atoms with van der Waals surface area (Å²) in [6.45, 7) is 12.6. The molecule has 3 heteroatoms. The Morgan fingerprint density at radius 3 is 2.42 bits per heavy atom. The topological polar surface area (TPSA) is 24.5 Å². The summed E-state index contributed by atoms with van der Waals surface area (Å²) < 4.78 is 5.36. The average Bonchev–Trinajstić information content (AvgIpc) is 2.38. The summed E-state index contributed by atoms with van der Waals surface area (Å²) in [7, 11) is 0. The Hall–Kier alpha value is -0.900. The molecule has 2 rings (SSSR count). The molecular formula is C16H26N2O. The smallest absolute Gasteiger partial charge is 0.0594 e. The van der Waals surface area contributed by atoms with Crippen molar-refractivity contribution >= 4 is 0 Å². The van der Waals surface area contributed by atoms with Gasteiger partial charge in [-0.3, -0.25) is 4.90 Å². The molecule has 0 aromatic heterocycles. The van der Waals surface area contributed by atoms with E-state index in [-0.39, 0.29) is 0 Å². The minimum absolute atomic E-state index is 0.416. The number of rotatable bonds is 5. The highest BCUT2D eigenvalue weighted by Crippen LogP contribution is 2.16. The third-order valence-electron chi connectivity index (χ3n) is 3.73. The number of ether oxygens (including phenoxy) is 1. The van der Waals surface area contributed by atoms with Crippen molar-refractivity contribution in [2.45, 2.75) is 26.8 Å². The second-order valence-electron chi connectivity index (χ2n) is 5.55. The molecule has 1 aromatic carbocycles. The van der Waals surface area contributed by atoms with E-state index in [9.17, 15) is 0 Å². The highest BCUT2D eigenvalue weighted by Gasteiger charge is 2.11. The van der Waals surface area contributed by atoms with Crippen molar-refractivity contribution in [3.05, 3.63) is 34.9 Å². The van der Waals surface area contributed by atoms with E-state index >= 15 is 0 Å². The van der Waals surface area contributed by atoms with Crippen molar-refractivity contribution in [3.8, 4) is 0 Å². The van der Waals surface area contributed by atoms with Crippen molar-refractivity contribution in [2.24, 2.45) is 0 Å². The summed E-state index contributed by atoms with van der Waals surface area (Å²) in [6.07, 6.45) is 0. The molecule has 1 unspecified atom stereocenters. The fourth-order valence-electron chi connectivity index (χ4n) is 2.64. The Balaban J connectivity index is 1.78. The zero-order valence-electron chi connectivity index (χ0n) is 12.4. The molecule has 1 atom stereocenters. The predicted molar refractivity (Wildman–Crippen MR) is 79.6 cm³/mol. The summed E-state index contributed by atoms with van der Waals surface area (Å²) in [4.78, 5) is 2.46. The van der Waals surface area contributed by atoms with Crippen LogP contribution in [0.15, 0.2) is 18.2 Å². The molecule has 0 amide bonds. The van der Waals surface area contributed by atoms with Crippen LogP contribution in [0.4, 0.5) is 0 Å². The van der Waals surface area contributed by atoms with Crippen molar-refractivity contribution in [3.63, 3.8) is 0 Å². The van der Waals surface area contributed by atoms with E-state index in [4.69, 9.17) is 4.74 Å². The molecule has 19 heavy (non-hydrogen) atoms. The fraction of sp³-hybridized carbons (Fsp3) is 0.625. The molecule has 1 saturated heterocycles. The van der Waals surface area contributed by atoms with Gasteiger partial charge in [-0.15, -0.1) is 0 Å². The van der Waals surface area contributed by atoms with Crippen molar-refractivity contribution in [2.75, 3.05) is 39.4 Å². The summed E-state index contributed by atoms with van der Waals surface area (Å²) in [5, 5.41) is 3.62. The van der Waals surface area contributed by atoms with E-state index in [1.165, 1.54) is 16.7 Å². The third-order valence-corrected chi connectivity index (χ3v) is 3.73. The van der Waals surface area contributed by atoms with Crippen molar-refractivity contribution in [1.29, 1.82) is 0 Å². The number of benzene rings is 1. The number of aryl methyl sites for hydroxylation is 2. The standard InChI is InChI=1S/C16H26N2O/c1-13-10-14(2)12-16(11-13)15(3)17-4-5-18-6-8-19-9-7-18/h10-12,15,17H,4-9H2,1-3H3. The molecule has 0 bridgehead atoms. The first-order valence-corrected chi connectivity index (χ1v) is 7.27. The summed E-state index contributed by atoms with van der Waals surface area (Å²) >= 11 is 0. The molecule has 0 aliphatic carbocycles. The Morgan fingerprint density at radius 2 is 1.79 bits per heavy atom. The lowest BCUT2D eigenvalue weighted by Crippen LogP contribution is -2.40. The van der Waals surface area contributed by atoms with Crippen LogP contribution in [0.5, 0.6) is 0 Å². The first kappa shape index (κ1) is 14.5. The van der Waals surface area contributed by atoms with Gasteiger partial charge in [-0.05, 0) is 26.3 Å².